The van der Waals surface area contributed by atoms with E-state index in [-0.39, 0.29) is 5.54 Å². The fraction of sp³-hybridized carbons (Fsp3) is 0.667. The first-order chi connectivity index (χ1) is 6.18. The van der Waals surface area contributed by atoms with Gasteiger partial charge < -0.3 is 10.2 Å². The summed E-state index contributed by atoms with van der Waals surface area (Å²) in [6.07, 6.45) is 4.50. The van der Waals surface area contributed by atoms with Crippen molar-refractivity contribution in [3.05, 3.63) is 11.1 Å². The number of aromatic nitrogens is 1. The van der Waals surface area contributed by atoms with E-state index in [4.69, 9.17) is 0 Å². The first kappa shape index (κ1) is 8.97. The maximum atomic E-state index is 4.37. The zero-order valence-electron chi connectivity index (χ0n) is 8.29. The lowest BCUT2D eigenvalue weighted by Gasteiger charge is -2.10. The van der Waals surface area contributed by atoms with E-state index in [1.165, 1.54) is 17.7 Å². The van der Waals surface area contributed by atoms with Crippen LogP contribution in [-0.2, 0) is 5.54 Å². The number of nitrogens with zero attached hydrogens (tertiary/aromatic N) is 2. The van der Waals surface area contributed by atoms with Gasteiger partial charge in [-0.25, -0.2) is 4.98 Å². The first-order valence-corrected chi connectivity index (χ1v) is 5.32. The third kappa shape index (κ3) is 1.44. The van der Waals surface area contributed by atoms with E-state index in [2.05, 4.69) is 15.2 Å². The Bertz CT molecular complexity index is 302. The van der Waals surface area contributed by atoms with Gasteiger partial charge in [-0.2, -0.15) is 0 Å². The Labute approximate surface area is 82.8 Å². The Kier molecular flexibility index (Phi) is 2.04. The summed E-state index contributed by atoms with van der Waals surface area (Å²) in [5.74, 6) is 0. The minimum absolute atomic E-state index is 0.270. The molecule has 0 unspecified atom stereocenters. The standard InChI is InChI=1S/C9H15N3S/c1-10-9(4-5-9)7-6-11-8(13-7)12(2)3/h6,10H,4-5H2,1-3H3. The Balaban J connectivity index is 2.23. The number of hydrogen-bond acceptors (Lipinski definition) is 4. The predicted octanol–water partition coefficient (Wildman–Crippen LogP) is 1.42. The Morgan fingerprint density at radius 2 is 2.23 bits per heavy atom. The van der Waals surface area contributed by atoms with Gasteiger partial charge in [-0.1, -0.05) is 0 Å². The van der Waals surface area contributed by atoms with Crippen molar-refractivity contribution < 1.29 is 0 Å². The van der Waals surface area contributed by atoms with Crippen LogP contribution in [-0.4, -0.2) is 26.1 Å². The third-order valence-electron chi connectivity index (χ3n) is 2.58. The first-order valence-electron chi connectivity index (χ1n) is 4.50. The third-order valence-corrected chi connectivity index (χ3v) is 3.95. The van der Waals surface area contributed by atoms with Crippen LogP contribution in [0.1, 0.15) is 17.7 Å². The van der Waals surface area contributed by atoms with Crippen LogP contribution in [0.5, 0.6) is 0 Å². The Morgan fingerprint density at radius 3 is 2.62 bits per heavy atom. The smallest absolute Gasteiger partial charge is 0.185 e. The van der Waals surface area contributed by atoms with E-state index in [1.54, 1.807) is 11.3 Å². The quantitative estimate of drug-likeness (QED) is 0.794. The SMILES string of the molecule is CNC1(c2cnc(N(C)C)s2)CC1. The van der Waals surface area contributed by atoms with Gasteiger partial charge in [0.1, 0.15) is 0 Å². The lowest BCUT2D eigenvalue weighted by atomic mass is 10.2. The second-order valence-electron chi connectivity index (χ2n) is 3.73. The number of rotatable bonds is 3. The van der Waals surface area contributed by atoms with Gasteiger partial charge in [-0.15, -0.1) is 11.3 Å². The largest absolute Gasteiger partial charge is 0.354 e. The molecule has 1 aromatic rings. The monoisotopic (exact) mass is 197 g/mol. The van der Waals surface area contributed by atoms with Gasteiger partial charge >= 0.3 is 0 Å². The molecule has 1 aliphatic carbocycles. The van der Waals surface area contributed by atoms with E-state index in [9.17, 15) is 0 Å². The van der Waals surface area contributed by atoms with Crippen LogP contribution in [0.2, 0.25) is 0 Å². The molecule has 0 amide bonds. The molecule has 0 atom stereocenters. The van der Waals surface area contributed by atoms with Crippen molar-refractivity contribution >= 4 is 16.5 Å². The molecule has 13 heavy (non-hydrogen) atoms. The molecular formula is C9H15N3S. The predicted molar refractivity (Wildman–Crippen MR) is 56.4 cm³/mol. The van der Waals surface area contributed by atoms with Crippen LogP contribution in [0.15, 0.2) is 6.20 Å². The number of anilines is 1. The van der Waals surface area contributed by atoms with E-state index in [0.29, 0.717) is 0 Å². The summed E-state index contributed by atoms with van der Waals surface area (Å²) in [5, 5.41) is 4.47. The van der Waals surface area contributed by atoms with E-state index >= 15 is 0 Å². The van der Waals surface area contributed by atoms with Crippen molar-refractivity contribution in [3.8, 4) is 0 Å². The fourth-order valence-electron chi connectivity index (χ4n) is 1.44. The molecule has 1 heterocycles. The molecular weight excluding hydrogens is 182 g/mol. The van der Waals surface area contributed by atoms with Crippen LogP contribution >= 0.6 is 11.3 Å². The molecule has 1 saturated carbocycles. The molecule has 1 N–H and O–H groups in total. The second kappa shape index (κ2) is 2.96. The summed E-state index contributed by atoms with van der Waals surface area (Å²) in [7, 11) is 6.09. The molecule has 72 valence electrons. The van der Waals surface area contributed by atoms with Gasteiger partial charge in [0, 0.05) is 25.2 Å². The van der Waals surface area contributed by atoms with Crippen molar-refractivity contribution in [2.24, 2.45) is 0 Å². The van der Waals surface area contributed by atoms with Crippen LogP contribution in [0.4, 0.5) is 5.13 Å². The molecule has 0 spiro atoms. The molecule has 3 nitrogen and oxygen atoms in total. The fourth-order valence-corrected chi connectivity index (χ4v) is 2.53. The Morgan fingerprint density at radius 1 is 1.54 bits per heavy atom. The molecule has 0 aliphatic heterocycles. The van der Waals surface area contributed by atoms with Crippen molar-refractivity contribution in [2.45, 2.75) is 18.4 Å². The molecule has 4 heteroatoms. The average Bonchev–Trinajstić information content (AvgIpc) is 2.75. The highest BCUT2D eigenvalue weighted by Gasteiger charge is 2.44. The molecule has 0 aromatic carbocycles. The topological polar surface area (TPSA) is 28.2 Å². The minimum Gasteiger partial charge on any atom is -0.354 e. The summed E-state index contributed by atoms with van der Waals surface area (Å²) in [4.78, 5) is 7.80. The maximum Gasteiger partial charge on any atom is 0.185 e. The van der Waals surface area contributed by atoms with Crippen LogP contribution in [0, 0.1) is 0 Å². The molecule has 1 fully saturated rings. The number of thiazole rings is 1. The highest BCUT2D eigenvalue weighted by molar-refractivity contribution is 7.15. The highest BCUT2D eigenvalue weighted by atomic mass is 32.1. The number of nitrogens with one attached hydrogen (secondary N) is 1. The summed E-state index contributed by atoms with van der Waals surface area (Å²) < 4.78 is 0. The van der Waals surface area contributed by atoms with Crippen molar-refractivity contribution in [3.63, 3.8) is 0 Å². The molecule has 0 bridgehead atoms. The summed E-state index contributed by atoms with van der Waals surface area (Å²) >= 11 is 1.79. The second-order valence-corrected chi connectivity index (χ2v) is 4.74. The van der Waals surface area contributed by atoms with Crippen molar-refractivity contribution in [2.75, 3.05) is 26.0 Å². The Hall–Kier alpha value is -0.610. The van der Waals surface area contributed by atoms with Gasteiger partial charge in [0.25, 0.3) is 0 Å². The lowest BCUT2D eigenvalue weighted by Crippen LogP contribution is -2.23. The van der Waals surface area contributed by atoms with Gasteiger partial charge in [0.2, 0.25) is 0 Å². The molecule has 0 saturated heterocycles. The molecule has 1 aromatic heterocycles. The van der Waals surface area contributed by atoms with Crippen LogP contribution < -0.4 is 10.2 Å². The van der Waals surface area contributed by atoms with Gasteiger partial charge in [0.15, 0.2) is 5.13 Å². The lowest BCUT2D eigenvalue weighted by molar-refractivity contribution is 0.596. The van der Waals surface area contributed by atoms with Gasteiger partial charge in [-0.3, -0.25) is 0 Å². The van der Waals surface area contributed by atoms with Crippen molar-refractivity contribution in [1.82, 2.24) is 10.3 Å². The zero-order valence-corrected chi connectivity index (χ0v) is 9.11. The normalized spacial score (nSPS) is 18.7. The van der Waals surface area contributed by atoms with Gasteiger partial charge in [-0.05, 0) is 19.9 Å². The molecule has 2 rings (SSSR count). The van der Waals surface area contributed by atoms with E-state index < -0.39 is 0 Å². The molecule has 0 radical (unpaired) electrons. The zero-order chi connectivity index (χ0) is 9.47. The highest BCUT2D eigenvalue weighted by Crippen LogP contribution is 2.47. The molecule has 1 aliphatic rings. The van der Waals surface area contributed by atoms with E-state index in [1.807, 2.05) is 27.3 Å². The summed E-state index contributed by atoms with van der Waals surface area (Å²) in [6, 6.07) is 0. The van der Waals surface area contributed by atoms with Gasteiger partial charge in [0.05, 0.1) is 5.54 Å². The summed E-state index contributed by atoms with van der Waals surface area (Å²) in [6.45, 7) is 0. The average molecular weight is 197 g/mol. The maximum absolute atomic E-state index is 4.37. The van der Waals surface area contributed by atoms with Crippen LogP contribution in [0.25, 0.3) is 0 Å². The van der Waals surface area contributed by atoms with Crippen molar-refractivity contribution in [1.29, 1.82) is 0 Å². The van der Waals surface area contributed by atoms with Crippen LogP contribution in [0.3, 0.4) is 0 Å². The van der Waals surface area contributed by atoms with E-state index in [0.717, 1.165) is 5.13 Å². The number of hydrogen-bond donors (Lipinski definition) is 1. The summed E-state index contributed by atoms with van der Waals surface area (Å²) in [5.41, 5.74) is 0.270. The minimum atomic E-state index is 0.270.